The summed E-state index contributed by atoms with van der Waals surface area (Å²) in [5.41, 5.74) is 0. The molecule has 1 heterocycles. The van der Waals surface area contributed by atoms with E-state index in [4.69, 9.17) is 5.11 Å². The molecular weight excluding hydrogens is 204 g/mol. The van der Waals surface area contributed by atoms with Gasteiger partial charge in [0.2, 0.25) is 0 Å². The number of aryl methyl sites for hydroxylation is 1. The maximum atomic E-state index is 8.74. The van der Waals surface area contributed by atoms with Crippen LogP contribution in [-0.2, 0) is 0 Å². The van der Waals surface area contributed by atoms with E-state index < -0.39 is 0 Å². The lowest BCUT2D eigenvalue weighted by atomic mass is 9.93. The van der Waals surface area contributed by atoms with Crippen LogP contribution >= 0.6 is 0 Å². The Balaban J connectivity index is 2.02. The fourth-order valence-electron chi connectivity index (χ4n) is 1.68. The van der Waals surface area contributed by atoms with Gasteiger partial charge in [0, 0.05) is 18.7 Å². The molecule has 5 nitrogen and oxygen atoms in total. The monoisotopic (exact) mass is 222 g/mol. The van der Waals surface area contributed by atoms with Gasteiger partial charge in [0.15, 0.2) is 0 Å². The van der Waals surface area contributed by atoms with Gasteiger partial charge in [-0.05, 0) is 26.2 Å². The molecule has 0 amide bonds. The smallest absolute Gasteiger partial charge is 0.132 e. The molecule has 0 atom stereocenters. The molecule has 0 radical (unpaired) electrons. The SMILES string of the molecule is Cc1nc(NCCO)cc(NC2CCC2)n1. The molecule has 1 aliphatic rings. The van der Waals surface area contributed by atoms with Crippen molar-refractivity contribution in [2.24, 2.45) is 0 Å². The number of nitrogens with one attached hydrogen (secondary N) is 2. The molecule has 0 saturated heterocycles. The maximum absolute atomic E-state index is 8.74. The van der Waals surface area contributed by atoms with Gasteiger partial charge in [-0.2, -0.15) is 0 Å². The molecule has 0 bridgehead atoms. The van der Waals surface area contributed by atoms with Crippen molar-refractivity contribution >= 4 is 11.6 Å². The van der Waals surface area contributed by atoms with Crippen LogP contribution in [-0.4, -0.2) is 34.3 Å². The highest BCUT2D eigenvalue weighted by molar-refractivity contribution is 5.48. The minimum atomic E-state index is 0.106. The summed E-state index contributed by atoms with van der Waals surface area (Å²) in [5, 5.41) is 15.2. The zero-order valence-electron chi connectivity index (χ0n) is 9.53. The largest absolute Gasteiger partial charge is 0.395 e. The van der Waals surface area contributed by atoms with Crippen molar-refractivity contribution in [3.63, 3.8) is 0 Å². The molecule has 5 heteroatoms. The quantitative estimate of drug-likeness (QED) is 0.697. The Labute approximate surface area is 95.3 Å². The van der Waals surface area contributed by atoms with Crippen LogP contribution in [0, 0.1) is 6.92 Å². The Bertz CT molecular complexity index is 352. The minimum absolute atomic E-state index is 0.106. The highest BCUT2D eigenvalue weighted by Crippen LogP contribution is 2.23. The Kier molecular flexibility index (Phi) is 3.56. The van der Waals surface area contributed by atoms with Crippen LogP contribution in [0.25, 0.3) is 0 Å². The van der Waals surface area contributed by atoms with E-state index in [0.29, 0.717) is 12.6 Å². The molecule has 16 heavy (non-hydrogen) atoms. The van der Waals surface area contributed by atoms with E-state index in [1.54, 1.807) is 0 Å². The first-order valence-electron chi connectivity index (χ1n) is 5.75. The predicted octanol–water partition coefficient (Wildman–Crippen LogP) is 1.15. The van der Waals surface area contributed by atoms with E-state index in [2.05, 4.69) is 20.6 Å². The van der Waals surface area contributed by atoms with Gasteiger partial charge in [-0.25, -0.2) is 9.97 Å². The van der Waals surface area contributed by atoms with Crippen molar-refractivity contribution in [2.75, 3.05) is 23.8 Å². The van der Waals surface area contributed by atoms with Gasteiger partial charge in [-0.15, -0.1) is 0 Å². The summed E-state index contributed by atoms with van der Waals surface area (Å²) < 4.78 is 0. The van der Waals surface area contributed by atoms with Crippen LogP contribution in [0.15, 0.2) is 6.07 Å². The lowest BCUT2D eigenvalue weighted by Crippen LogP contribution is -2.27. The zero-order valence-corrected chi connectivity index (χ0v) is 9.53. The highest BCUT2D eigenvalue weighted by atomic mass is 16.3. The van der Waals surface area contributed by atoms with Gasteiger partial charge in [-0.1, -0.05) is 0 Å². The fraction of sp³-hybridized carbons (Fsp3) is 0.636. The molecule has 0 aromatic carbocycles. The third-order valence-electron chi connectivity index (χ3n) is 2.71. The van der Waals surface area contributed by atoms with Crippen LogP contribution in [0.3, 0.4) is 0 Å². The van der Waals surface area contributed by atoms with E-state index >= 15 is 0 Å². The lowest BCUT2D eigenvalue weighted by molar-refractivity contribution is 0.311. The Morgan fingerprint density at radius 3 is 2.75 bits per heavy atom. The van der Waals surface area contributed by atoms with Crippen LogP contribution in [0.1, 0.15) is 25.1 Å². The second kappa shape index (κ2) is 5.12. The number of aliphatic hydroxyl groups is 1. The van der Waals surface area contributed by atoms with Crippen molar-refractivity contribution in [2.45, 2.75) is 32.2 Å². The molecule has 1 aliphatic carbocycles. The van der Waals surface area contributed by atoms with Gasteiger partial charge >= 0.3 is 0 Å². The fourth-order valence-corrected chi connectivity index (χ4v) is 1.68. The molecular formula is C11H18N4O. The number of rotatable bonds is 5. The predicted molar refractivity (Wildman–Crippen MR) is 63.6 cm³/mol. The average molecular weight is 222 g/mol. The maximum Gasteiger partial charge on any atom is 0.132 e. The van der Waals surface area contributed by atoms with Crippen LogP contribution < -0.4 is 10.6 Å². The summed E-state index contributed by atoms with van der Waals surface area (Å²) in [6.07, 6.45) is 3.75. The normalized spacial score (nSPS) is 15.6. The second-order valence-electron chi connectivity index (χ2n) is 4.11. The van der Waals surface area contributed by atoms with Crippen molar-refractivity contribution in [3.05, 3.63) is 11.9 Å². The van der Waals surface area contributed by atoms with Crippen LogP contribution in [0.5, 0.6) is 0 Å². The third kappa shape index (κ3) is 2.82. The number of nitrogens with zero attached hydrogens (tertiary/aromatic N) is 2. The number of aliphatic hydroxyl groups excluding tert-OH is 1. The number of hydrogen-bond acceptors (Lipinski definition) is 5. The standard InChI is InChI=1S/C11H18N4O/c1-8-13-10(12-5-6-16)7-11(14-8)15-9-3-2-4-9/h7,9,16H,2-6H2,1H3,(H2,12,13,14,15). The number of hydrogen-bond donors (Lipinski definition) is 3. The summed E-state index contributed by atoms with van der Waals surface area (Å²) in [6, 6.07) is 2.46. The molecule has 1 aromatic rings. The summed E-state index contributed by atoms with van der Waals surface area (Å²) in [5.74, 6) is 2.38. The van der Waals surface area contributed by atoms with Crippen molar-refractivity contribution in [3.8, 4) is 0 Å². The van der Waals surface area contributed by atoms with Crippen LogP contribution in [0.2, 0.25) is 0 Å². The molecule has 0 aliphatic heterocycles. The summed E-state index contributed by atoms with van der Waals surface area (Å²) in [7, 11) is 0. The molecule has 1 saturated carbocycles. The zero-order chi connectivity index (χ0) is 11.4. The van der Waals surface area contributed by atoms with E-state index in [-0.39, 0.29) is 6.61 Å². The van der Waals surface area contributed by atoms with Crippen LogP contribution in [0.4, 0.5) is 11.6 Å². The molecule has 0 unspecified atom stereocenters. The van der Waals surface area contributed by atoms with Gasteiger partial charge in [-0.3, -0.25) is 0 Å². The first-order valence-corrected chi connectivity index (χ1v) is 5.75. The van der Waals surface area contributed by atoms with Gasteiger partial charge < -0.3 is 15.7 Å². The molecule has 0 spiro atoms. The molecule has 88 valence electrons. The number of anilines is 2. The molecule has 3 N–H and O–H groups in total. The third-order valence-corrected chi connectivity index (χ3v) is 2.71. The summed E-state index contributed by atoms with van der Waals surface area (Å²) in [4.78, 5) is 8.59. The second-order valence-corrected chi connectivity index (χ2v) is 4.11. The summed E-state index contributed by atoms with van der Waals surface area (Å²) >= 11 is 0. The van der Waals surface area contributed by atoms with Crippen molar-refractivity contribution in [1.29, 1.82) is 0 Å². The average Bonchev–Trinajstić information content (AvgIpc) is 2.20. The van der Waals surface area contributed by atoms with Crippen molar-refractivity contribution < 1.29 is 5.11 Å². The molecule has 1 aromatic heterocycles. The highest BCUT2D eigenvalue weighted by Gasteiger charge is 2.17. The van der Waals surface area contributed by atoms with Gasteiger partial charge in [0.05, 0.1) is 6.61 Å². The topological polar surface area (TPSA) is 70.1 Å². The van der Waals surface area contributed by atoms with Crippen molar-refractivity contribution in [1.82, 2.24) is 9.97 Å². The Hall–Kier alpha value is -1.36. The number of aromatic nitrogens is 2. The first-order chi connectivity index (χ1) is 7.78. The van der Waals surface area contributed by atoms with E-state index in [9.17, 15) is 0 Å². The molecule has 1 fully saturated rings. The summed E-state index contributed by atoms with van der Waals surface area (Å²) in [6.45, 7) is 2.49. The lowest BCUT2D eigenvalue weighted by Gasteiger charge is -2.27. The minimum Gasteiger partial charge on any atom is -0.395 e. The Morgan fingerprint density at radius 1 is 1.38 bits per heavy atom. The van der Waals surface area contributed by atoms with Gasteiger partial charge in [0.1, 0.15) is 17.5 Å². The Morgan fingerprint density at radius 2 is 2.12 bits per heavy atom. The van der Waals surface area contributed by atoms with E-state index in [1.807, 2.05) is 13.0 Å². The first kappa shape index (κ1) is 11.1. The van der Waals surface area contributed by atoms with Gasteiger partial charge in [0.25, 0.3) is 0 Å². The molecule has 2 rings (SSSR count). The van der Waals surface area contributed by atoms with E-state index in [0.717, 1.165) is 17.5 Å². The van der Waals surface area contributed by atoms with E-state index in [1.165, 1.54) is 19.3 Å².